The van der Waals surface area contributed by atoms with E-state index in [-0.39, 0.29) is 6.79 Å². The Morgan fingerprint density at radius 2 is 1.73 bits per heavy atom. The topological polar surface area (TPSA) is 48.6 Å². The fraction of sp³-hybridized carbons (Fsp3) is 0.0556. The molecule has 2 N–H and O–H groups in total. The van der Waals surface area contributed by atoms with Crippen LogP contribution in [0.3, 0.4) is 0 Å². The Hall–Kier alpha value is -3.01. The molecule has 4 nitrogen and oxygen atoms in total. The van der Waals surface area contributed by atoms with E-state index in [4.69, 9.17) is 15.2 Å². The number of hydrogen-bond donors (Lipinski definition) is 1. The van der Waals surface area contributed by atoms with E-state index >= 15 is 0 Å². The maximum absolute atomic E-state index is 6.50. The van der Waals surface area contributed by atoms with Gasteiger partial charge in [0.2, 0.25) is 12.3 Å². The third-order valence-corrected chi connectivity index (χ3v) is 4.26. The van der Waals surface area contributed by atoms with Crippen molar-refractivity contribution in [1.82, 2.24) is 0 Å². The van der Waals surface area contributed by atoms with Crippen LogP contribution in [-0.2, 0) is 0 Å². The molecule has 0 saturated carbocycles. The van der Waals surface area contributed by atoms with Crippen molar-refractivity contribution in [3.8, 4) is 11.5 Å². The van der Waals surface area contributed by atoms with Crippen LogP contribution < -0.4 is 19.6 Å². The highest BCUT2D eigenvalue weighted by Crippen LogP contribution is 2.38. The molecule has 0 amide bonds. The minimum absolute atomic E-state index is 0.265. The summed E-state index contributed by atoms with van der Waals surface area (Å²) in [6.45, 7) is 0.265. The van der Waals surface area contributed by atoms with Crippen molar-refractivity contribution in [1.29, 1.82) is 0 Å². The van der Waals surface area contributed by atoms with Gasteiger partial charge in [0.1, 0.15) is 5.69 Å². The number of pyridine rings is 2. The molecule has 5 rings (SSSR count). The molecule has 0 saturated heterocycles. The highest BCUT2D eigenvalue weighted by Gasteiger charge is 2.20. The summed E-state index contributed by atoms with van der Waals surface area (Å²) in [5.41, 5.74) is 8.27. The SMILES string of the molecule is Nc1c2cc3c(cc2c[n+]2ccc4ccccc4c12)OCO3. The molecule has 1 aliphatic heterocycles. The van der Waals surface area contributed by atoms with Crippen LogP contribution in [0.25, 0.3) is 27.1 Å². The van der Waals surface area contributed by atoms with Gasteiger partial charge in [-0.1, -0.05) is 18.2 Å². The molecule has 0 radical (unpaired) electrons. The number of benzene rings is 2. The number of rotatable bonds is 0. The lowest BCUT2D eigenvalue weighted by Crippen LogP contribution is -2.22. The summed E-state index contributed by atoms with van der Waals surface area (Å²) < 4.78 is 13.0. The molecule has 0 spiro atoms. The summed E-state index contributed by atoms with van der Waals surface area (Å²) in [5.74, 6) is 1.52. The van der Waals surface area contributed by atoms with Crippen LogP contribution in [-0.4, -0.2) is 6.79 Å². The van der Waals surface area contributed by atoms with Crippen molar-refractivity contribution < 1.29 is 13.9 Å². The average Bonchev–Trinajstić information content (AvgIpc) is 3.00. The summed E-state index contributed by atoms with van der Waals surface area (Å²) in [6, 6.07) is 14.3. The van der Waals surface area contributed by atoms with Crippen LogP contribution in [0.15, 0.2) is 54.9 Å². The molecule has 4 aromatic rings. The summed E-state index contributed by atoms with van der Waals surface area (Å²) in [7, 11) is 0. The van der Waals surface area contributed by atoms with Gasteiger partial charge in [-0.05, 0) is 23.6 Å². The van der Waals surface area contributed by atoms with Crippen molar-refractivity contribution >= 4 is 32.7 Å². The van der Waals surface area contributed by atoms with Crippen LogP contribution >= 0.6 is 0 Å². The molecule has 0 atom stereocenters. The molecule has 106 valence electrons. The second-order valence-corrected chi connectivity index (χ2v) is 5.49. The molecule has 0 bridgehead atoms. The first kappa shape index (κ1) is 11.6. The molecular formula is C18H13N2O2+. The van der Waals surface area contributed by atoms with Gasteiger partial charge in [0.15, 0.2) is 23.9 Å². The van der Waals surface area contributed by atoms with Crippen LogP contribution in [0.5, 0.6) is 11.5 Å². The molecular weight excluding hydrogens is 276 g/mol. The van der Waals surface area contributed by atoms with Crippen molar-refractivity contribution in [2.75, 3.05) is 12.5 Å². The molecule has 2 aromatic heterocycles. The van der Waals surface area contributed by atoms with Gasteiger partial charge in [0.25, 0.3) is 0 Å². The largest absolute Gasteiger partial charge is 0.454 e. The predicted molar refractivity (Wildman–Crippen MR) is 85.1 cm³/mol. The van der Waals surface area contributed by atoms with Crippen LogP contribution in [0, 0.1) is 0 Å². The Balaban J connectivity index is 2.00. The number of hydrogen-bond acceptors (Lipinski definition) is 3. The lowest BCUT2D eigenvalue weighted by Gasteiger charge is -2.06. The van der Waals surface area contributed by atoms with Gasteiger partial charge in [-0.3, -0.25) is 0 Å². The second kappa shape index (κ2) is 4.01. The second-order valence-electron chi connectivity index (χ2n) is 5.49. The number of nitrogens with two attached hydrogens (primary N) is 1. The number of fused-ring (bicyclic) bond motifs is 5. The van der Waals surface area contributed by atoms with Crippen LogP contribution in [0.2, 0.25) is 0 Å². The molecule has 1 aliphatic rings. The van der Waals surface area contributed by atoms with Crippen molar-refractivity contribution in [2.45, 2.75) is 0 Å². The zero-order valence-corrected chi connectivity index (χ0v) is 11.7. The van der Waals surface area contributed by atoms with E-state index in [1.807, 2.05) is 30.5 Å². The Labute approximate surface area is 126 Å². The van der Waals surface area contributed by atoms with E-state index in [1.165, 1.54) is 5.39 Å². The minimum Gasteiger partial charge on any atom is -0.454 e. The molecule has 4 heteroatoms. The van der Waals surface area contributed by atoms with Gasteiger partial charge in [0, 0.05) is 11.5 Å². The fourth-order valence-electron chi connectivity index (χ4n) is 3.20. The van der Waals surface area contributed by atoms with E-state index in [2.05, 4.69) is 28.8 Å². The summed E-state index contributed by atoms with van der Waals surface area (Å²) in [6.07, 6.45) is 4.12. The molecule has 3 heterocycles. The maximum atomic E-state index is 6.50. The van der Waals surface area contributed by atoms with Gasteiger partial charge in [-0.25, -0.2) is 0 Å². The number of aromatic nitrogens is 1. The molecule has 0 unspecified atom stereocenters. The van der Waals surface area contributed by atoms with Gasteiger partial charge in [0.05, 0.1) is 10.8 Å². The van der Waals surface area contributed by atoms with Gasteiger partial charge < -0.3 is 15.2 Å². The highest BCUT2D eigenvalue weighted by atomic mass is 16.7. The lowest BCUT2D eigenvalue weighted by atomic mass is 10.0. The monoisotopic (exact) mass is 289 g/mol. The first-order valence-corrected chi connectivity index (χ1v) is 7.16. The summed E-state index contributed by atoms with van der Waals surface area (Å²) in [5, 5.41) is 4.34. The Bertz CT molecular complexity index is 1070. The first-order valence-electron chi connectivity index (χ1n) is 7.16. The Morgan fingerprint density at radius 3 is 2.64 bits per heavy atom. The van der Waals surface area contributed by atoms with Gasteiger partial charge in [-0.2, -0.15) is 4.40 Å². The van der Waals surface area contributed by atoms with Crippen molar-refractivity contribution in [3.63, 3.8) is 0 Å². The highest BCUT2D eigenvalue weighted by molar-refractivity contribution is 6.07. The van der Waals surface area contributed by atoms with E-state index < -0.39 is 0 Å². The fourth-order valence-corrected chi connectivity index (χ4v) is 3.20. The van der Waals surface area contributed by atoms with E-state index in [0.29, 0.717) is 0 Å². The van der Waals surface area contributed by atoms with E-state index in [1.54, 1.807) is 0 Å². The van der Waals surface area contributed by atoms with E-state index in [9.17, 15) is 0 Å². The molecule has 2 aromatic carbocycles. The smallest absolute Gasteiger partial charge is 0.242 e. The number of ether oxygens (including phenoxy) is 2. The normalized spacial score (nSPS) is 13.3. The summed E-state index contributed by atoms with van der Waals surface area (Å²) >= 11 is 0. The van der Waals surface area contributed by atoms with Gasteiger partial charge in [-0.15, -0.1) is 0 Å². The molecule has 0 fully saturated rings. The average molecular weight is 289 g/mol. The Kier molecular flexibility index (Phi) is 2.12. The third kappa shape index (κ3) is 1.44. The maximum Gasteiger partial charge on any atom is 0.242 e. The predicted octanol–water partition coefficient (Wildman–Crippen LogP) is 3.04. The number of nitrogens with zero attached hydrogens (tertiary/aromatic N) is 1. The summed E-state index contributed by atoms with van der Waals surface area (Å²) in [4.78, 5) is 0. The van der Waals surface area contributed by atoms with Crippen LogP contribution in [0.4, 0.5) is 5.69 Å². The Morgan fingerprint density at radius 1 is 0.909 bits per heavy atom. The standard InChI is InChI=1S/C18H13N2O2/c19-17-14-8-16-15(21-10-22-16)7-12(14)9-20-6-5-11-3-1-2-4-13(11)18(17)20/h1-9H,10,19H2/q+1. The minimum atomic E-state index is 0.265. The third-order valence-electron chi connectivity index (χ3n) is 4.26. The quantitative estimate of drug-likeness (QED) is 0.307. The number of anilines is 1. The van der Waals surface area contributed by atoms with Crippen molar-refractivity contribution in [3.05, 3.63) is 54.9 Å². The zero-order chi connectivity index (χ0) is 14.7. The van der Waals surface area contributed by atoms with Gasteiger partial charge >= 0.3 is 0 Å². The number of nitrogen functional groups attached to an aromatic ring is 1. The first-order chi connectivity index (χ1) is 10.8. The zero-order valence-electron chi connectivity index (χ0n) is 11.7. The molecule has 22 heavy (non-hydrogen) atoms. The lowest BCUT2D eigenvalue weighted by molar-refractivity contribution is -0.508. The molecule has 0 aliphatic carbocycles. The van der Waals surface area contributed by atoms with Crippen molar-refractivity contribution in [2.24, 2.45) is 0 Å². The van der Waals surface area contributed by atoms with E-state index in [0.717, 1.165) is 38.9 Å². The van der Waals surface area contributed by atoms with Crippen LogP contribution in [0.1, 0.15) is 0 Å².